The van der Waals surface area contributed by atoms with Crippen molar-refractivity contribution in [2.45, 2.75) is 72.5 Å². The summed E-state index contributed by atoms with van der Waals surface area (Å²) in [6, 6.07) is 7.03. The summed E-state index contributed by atoms with van der Waals surface area (Å²) in [5, 5.41) is 12.9. The van der Waals surface area contributed by atoms with Crippen LogP contribution in [-0.4, -0.2) is 40.2 Å². The van der Waals surface area contributed by atoms with Gasteiger partial charge in [0, 0.05) is 30.6 Å². The molecule has 1 fully saturated rings. The van der Waals surface area contributed by atoms with Crippen molar-refractivity contribution in [1.82, 2.24) is 9.80 Å². The molecule has 34 heavy (non-hydrogen) atoms. The highest BCUT2D eigenvalue weighted by molar-refractivity contribution is 7.17. The zero-order chi connectivity index (χ0) is 25.4. The molecule has 0 saturated carbocycles. The van der Waals surface area contributed by atoms with Crippen molar-refractivity contribution >= 4 is 20.5 Å². The fraction of sp³-hybridized carbons (Fsp3) is 0.467. The third-order valence-electron chi connectivity index (χ3n) is 7.15. The second kappa shape index (κ2) is 10.2. The highest BCUT2D eigenvalue weighted by Gasteiger charge is 2.40. The Morgan fingerprint density at radius 3 is 2.53 bits per heavy atom. The number of allylic oxidation sites excluding steroid dienone is 2. The van der Waals surface area contributed by atoms with Gasteiger partial charge in [-0.25, -0.2) is 0 Å². The van der Waals surface area contributed by atoms with E-state index in [-0.39, 0.29) is 17.2 Å². The molecule has 3 rings (SSSR count). The topological polar surface area (TPSA) is 26.7 Å². The molecule has 1 aromatic rings. The normalized spacial score (nSPS) is 22.1. The summed E-state index contributed by atoms with van der Waals surface area (Å²) in [5.41, 5.74) is 7.35. The summed E-state index contributed by atoms with van der Waals surface area (Å²) in [7, 11) is 5.14. The first kappa shape index (κ1) is 26.4. The largest absolute Gasteiger partial charge is 0.508 e. The number of aliphatic hydroxyl groups is 1. The zero-order valence-corrected chi connectivity index (χ0v) is 23.4. The molecule has 1 saturated heterocycles. The van der Waals surface area contributed by atoms with Gasteiger partial charge in [0.15, 0.2) is 0 Å². The Labute approximate surface area is 209 Å². The Hall–Kier alpha value is -2.25. The molecule has 4 heteroatoms. The van der Waals surface area contributed by atoms with Crippen molar-refractivity contribution in [1.29, 1.82) is 0 Å². The molecular formula is C30H43N2OP. The molecule has 184 valence electrons. The van der Waals surface area contributed by atoms with Crippen molar-refractivity contribution in [3.8, 4) is 0 Å². The molecule has 0 amide bonds. The first-order chi connectivity index (χ1) is 15.9. The molecule has 0 radical (unpaired) electrons. The maximum Gasteiger partial charge on any atom is 0.117 e. The number of aliphatic hydroxyl groups excluding tert-OH is 1. The minimum atomic E-state index is 0.0427. The molecule has 1 N–H and O–H groups in total. The monoisotopic (exact) mass is 478 g/mol. The van der Waals surface area contributed by atoms with E-state index in [1.54, 1.807) is 0 Å². The quantitative estimate of drug-likeness (QED) is 0.438. The summed E-state index contributed by atoms with van der Waals surface area (Å²) < 4.78 is 0. The van der Waals surface area contributed by atoms with E-state index in [0.29, 0.717) is 11.2 Å². The van der Waals surface area contributed by atoms with E-state index in [2.05, 4.69) is 111 Å². The van der Waals surface area contributed by atoms with Gasteiger partial charge in [0.25, 0.3) is 0 Å². The number of fused-ring (bicyclic) bond motifs is 1. The lowest BCUT2D eigenvalue weighted by molar-refractivity contribution is 0.129. The molecule has 1 aromatic carbocycles. The number of rotatable bonds is 5. The van der Waals surface area contributed by atoms with Crippen LogP contribution in [0.4, 0.5) is 0 Å². The smallest absolute Gasteiger partial charge is 0.117 e. The van der Waals surface area contributed by atoms with Crippen LogP contribution in [0.2, 0.25) is 0 Å². The Bertz CT molecular complexity index is 1160. The van der Waals surface area contributed by atoms with Crippen LogP contribution in [-0.2, 0) is 6.42 Å². The minimum absolute atomic E-state index is 0.0427. The summed E-state index contributed by atoms with van der Waals surface area (Å²) in [6.07, 6.45) is 7.41. The average Bonchev–Trinajstić information content (AvgIpc) is 2.75. The first-order valence-corrected chi connectivity index (χ1v) is 13.1. The van der Waals surface area contributed by atoms with Crippen LogP contribution >= 0.6 is 9.24 Å². The van der Waals surface area contributed by atoms with Crippen molar-refractivity contribution in [3.63, 3.8) is 0 Å². The van der Waals surface area contributed by atoms with E-state index in [9.17, 15) is 5.11 Å². The molecule has 2 aliphatic rings. The Morgan fingerprint density at radius 2 is 1.97 bits per heavy atom. The predicted octanol–water partition coefficient (Wildman–Crippen LogP) is 5.64. The van der Waals surface area contributed by atoms with Crippen LogP contribution in [0.25, 0.3) is 11.3 Å². The lowest BCUT2D eigenvalue weighted by Gasteiger charge is -2.50. The minimum Gasteiger partial charge on any atom is -0.508 e. The van der Waals surface area contributed by atoms with E-state index in [1.165, 1.54) is 27.3 Å². The van der Waals surface area contributed by atoms with Gasteiger partial charge in [-0.15, -0.1) is 9.24 Å². The molecule has 0 bridgehead atoms. The Balaban J connectivity index is 2.37. The van der Waals surface area contributed by atoms with Gasteiger partial charge < -0.3 is 14.9 Å². The van der Waals surface area contributed by atoms with Gasteiger partial charge in [0.1, 0.15) is 5.76 Å². The van der Waals surface area contributed by atoms with E-state index in [0.717, 1.165) is 37.1 Å². The number of likely N-dealkylation sites (N-methyl/N-ethyl adjacent to an activating group) is 1. The van der Waals surface area contributed by atoms with Crippen LogP contribution < -0.4 is 10.4 Å². The molecule has 2 heterocycles. The summed E-state index contributed by atoms with van der Waals surface area (Å²) in [6.45, 7) is 22.6. The standard InChI is InChI=1S/C30H43N2OP/c1-10-19(2)28-23(15-14-21(4)34)12-11-13-24(28)29-26-16-20(3)25(22(5)33)17-32(26)27(18-31(29)9)30(6,7)8/h11-13,16-17,21,27,33H,3,5,10,14-15,18,34H2,1-2,4,6-9H3/b28-19?,29-24-. The van der Waals surface area contributed by atoms with E-state index in [4.69, 9.17) is 0 Å². The summed E-state index contributed by atoms with van der Waals surface area (Å²) >= 11 is 0. The maximum absolute atomic E-state index is 10.2. The zero-order valence-electron chi connectivity index (χ0n) is 22.2. The third-order valence-corrected chi connectivity index (χ3v) is 7.49. The number of benzene rings is 1. The molecule has 3 unspecified atom stereocenters. The summed E-state index contributed by atoms with van der Waals surface area (Å²) in [4.78, 5) is 4.77. The Morgan fingerprint density at radius 1 is 1.29 bits per heavy atom. The molecule has 0 aliphatic carbocycles. The van der Waals surface area contributed by atoms with Crippen LogP contribution in [0.15, 0.2) is 66.2 Å². The first-order valence-electron chi connectivity index (χ1n) is 12.4. The number of hydrogen-bond donors (Lipinski definition) is 1. The van der Waals surface area contributed by atoms with Crippen LogP contribution in [0, 0.1) is 5.41 Å². The van der Waals surface area contributed by atoms with Gasteiger partial charge in [-0.1, -0.05) is 71.5 Å². The van der Waals surface area contributed by atoms with Crippen molar-refractivity contribution in [2.24, 2.45) is 5.41 Å². The molecule has 2 aliphatic heterocycles. The number of piperazine rings is 1. The number of nitrogens with zero attached hydrogens (tertiary/aromatic N) is 2. The van der Waals surface area contributed by atoms with Gasteiger partial charge >= 0.3 is 0 Å². The van der Waals surface area contributed by atoms with Crippen molar-refractivity contribution < 1.29 is 5.11 Å². The van der Waals surface area contributed by atoms with Crippen LogP contribution in [0.3, 0.4) is 0 Å². The van der Waals surface area contributed by atoms with E-state index < -0.39 is 0 Å². The SMILES string of the molecule is C=C(O)C1=CN2C(=CC1=C)/C(=c1\cccc(CCC(C)P)c1=C(C)CC)N(C)CC2C(C)(C)C. The van der Waals surface area contributed by atoms with Crippen LogP contribution in [0.1, 0.15) is 59.9 Å². The van der Waals surface area contributed by atoms with Crippen LogP contribution in [0.5, 0.6) is 0 Å². The lowest BCUT2D eigenvalue weighted by Crippen LogP contribution is -2.55. The molecule has 3 nitrogen and oxygen atoms in total. The lowest BCUT2D eigenvalue weighted by atomic mass is 9.82. The molecular weight excluding hydrogens is 435 g/mol. The Kier molecular flexibility index (Phi) is 7.88. The predicted molar refractivity (Wildman–Crippen MR) is 151 cm³/mol. The number of aryl methyl sites for hydroxylation is 1. The third kappa shape index (κ3) is 5.20. The fourth-order valence-corrected chi connectivity index (χ4v) is 5.22. The van der Waals surface area contributed by atoms with Gasteiger partial charge in [0.2, 0.25) is 0 Å². The second-order valence-electron chi connectivity index (χ2n) is 11.1. The van der Waals surface area contributed by atoms with Gasteiger partial charge in [-0.2, -0.15) is 0 Å². The molecule has 3 atom stereocenters. The average molecular weight is 479 g/mol. The number of hydrogen-bond acceptors (Lipinski definition) is 3. The highest BCUT2D eigenvalue weighted by atomic mass is 31.0. The maximum atomic E-state index is 10.2. The van der Waals surface area contributed by atoms with Crippen molar-refractivity contribution in [2.75, 3.05) is 13.6 Å². The molecule has 0 spiro atoms. The van der Waals surface area contributed by atoms with Gasteiger partial charge in [0.05, 0.1) is 17.4 Å². The second-order valence-corrected chi connectivity index (χ2v) is 12.2. The van der Waals surface area contributed by atoms with Crippen molar-refractivity contribution in [3.05, 3.63) is 82.2 Å². The van der Waals surface area contributed by atoms with E-state index in [1.807, 2.05) is 0 Å². The van der Waals surface area contributed by atoms with Gasteiger partial charge in [-0.05, 0) is 59.7 Å². The highest BCUT2D eigenvalue weighted by Crippen LogP contribution is 2.40. The van der Waals surface area contributed by atoms with Gasteiger partial charge in [-0.3, -0.25) is 0 Å². The molecule has 0 aromatic heterocycles. The fourth-order valence-electron chi connectivity index (χ4n) is 5.06. The van der Waals surface area contributed by atoms with E-state index >= 15 is 0 Å². The summed E-state index contributed by atoms with van der Waals surface area (Å²) in [5.74, 6) is 0.0674.